The lowest BCUT2D eigenvalue weighted by Gasteiger charge is -2.11. The van der Waals surface area contributed by atoms with Crippen LogP contribution in [-0.4, -0.2) is 19.1 Å². The highest BCUT2D eigenvalue weighted by molar-refractivity contribution is 6.34. The Morgan fingerprint density at radius 1 is 1.53 bits per heavy atom. The molecule has 0 saturated carbocycles. The maximum atomic E-state index is 13.2. The fourth-order valence-electron chi connectivity index (χ4n) is 1.24. The van der Waals surface area contributed by atoms with Gasteiger partial charge in [0.05, 0.1) is 17.2 Å². The molecule has 0 aliphatic rings. The van der Waals surface area contributed by atoms with Crippen molar-refractivity contribution in [2.75, 3.05) is 13.2 Å². The van der Waals surface area contributed by atoms with Gasteiger partial charge in [-0.15, -0.1) is 12.4 Å². The fraction of sp³-hybridized carbons (Fsp3) is 0.417. The van der Waals surface area contributed by atoms with Gasteiger partial charge in [-0.3, -0.25) is 0 Å². The first kappa shape index (κ1) is 18.1. The summed E-state index contributed by atoms with van der Waals surface area (Å²) in [5, 5.41) is -0.140. The summed E-state index contributed by atoms with van der Waals surface area (Å²) in [6.07, 6.45) is 0. The van der Waals surface area contributed by atoms with Crippen molar-refractivity contribution in [2.45, 2.75) is 13.8 Å². The maximum Gasteiger partial charge on any atom is 0.339 e. The molecule has 19 heavy (non-hydrogen) atoms. The molecule has 7 heteroatoms. The van der Waals surface area contributed by atoms with Gasteiger partial charge in [0.25, 0.3) is 0 Å². The van der Waals surface area contributed by atoms with Gasteiger partial charge in [0.1, 0.15) is 0 Å². The lowest BCUT2D eigenvalue weighted by Crippen LogP contribution is -2.19. The molecule has 1 atom stereocenters. The van der Waals surface area contributed by atoms with Gasteiger partial charge in [0.15, 0.2) is 11.6 Å². The topological polar surface area (TPSA) is 52.3 Å². The highest BCUT2D eigenvalue weighted by Gasteiger charge is 2.20. The zero-order valence-electron chi connectivity index (χ0n) is 10.5. The van der Waals surface area contributed by atoms with E-state index in [1.54, 1.807) is 6.92 Å². The van der Waals surface area contributed by atoms with Crippen LogP contribution in [0, 0.1) is 24.5 Å². The molecule has 0 saturated heterocycles. The summed E-state index contributed by atoms with van der Waals surface area (Å²) >= 11 is 5.78. The molecule has 0 aromatic heterocycles. The molecule has 3 nitrogen and oxygen atoms in total. The second kappa shape index (κ2) is 7.62. The van der Waals surface area contributed by atoms with E-state index in [-0.39, 0.29) is 41.1 Å². The smallest absolute Gasteiger partial charge is 0.339 e. The summed E-state index contributed by atoms with van der Waals surface area (Å²) in [6.45, 7) is 3.55. The fourth-order valence-corrected chi connectivity index (χ4v) is 1.46. The van der Waals surface area contributed by atoms with Crippen molar-refractivity contribution >= 4 is 30.0 Å². The molecule has 0 amide bonds. The standard InChI is InChI=1S/C12H14ClF2NO2.ClH/c1-6(4-16)5-18-12(17)8-3-9(14)11(15)7(2)10(8)13;/h3,6H,4-5,16H2,1-2H3;1H. The molecule has 1 rings (SSSR count). The third-order valence-electron chi connectivity index (χ3n) is 2.50. The summed E-state index contributed by atoms with van der Waals surface area (Å²) in [7, 11) is 0. The number of halogens is 4. The molecule has 2 N–H and O–H groups in total. The average Bonchev–Trinajstić information content (AvgIpc) is 2.37. The van der Waals surface area contributed by atoms with E-state index >= 15 is 0 Å². The molecule has 1 aromatic rings. The Labute approximate surface area is 121 Å². The van der Waals surface area contributed by atoms with Crippen molar-refractivity contribution in [2.24, 2.45) is 11.7 Å². The normalized spacial score (nSPS) is 11.7. The quantitative estimate of drug-likeness (QED) is 0.686. The number of benzene rings is 1. The minimum atomic E-state index is -1.13. The van der Waals surface area contributed by atoms with Crippen LogP contribution in [0.4, 0.5) is 8.78 Å². The van der Waals surface area contributed by atoms with Crippen LogP contribution in [0.2, 0.25) is 5.02 Å². The first-order chi connectivity index (χ1) is 8.38. The minimum absolute atomic E-state index is 0. The Kier molecular flexibility index (Phi) is 7.26. The van der Waals surface area contributed by atoms with E-state index in [1.165, 1.54) is 6.92 Å². The predicted molar refractivity (Wildman–Crippen MR) is 71.9 cm³/mol. The maximum absolute atomic E-state index is 13.2. The van der Waals surface area contributed by atoms with E-state index in [9.17, 15) is 13.6 Å². The molecular weight excluding hydrogens is 299 g/mol. The number of carbonyl (C=O) groups excluding carboxylic acids is 1. The van der Waals surface area contributed by atoms with Crippen LogP contribution in [-0.2, 0) is 4.74 Å². The van der Waals surface area contributed by atoms with E-state index < -0.39 is 17.6 Å². The van der Waals surface area contributed by atoms with Gasteiger partial charge in [-0.25, -0.2) is 13.6 Å². The number of hydrogen-bond acceptors (Lipinski definition) is 3. The molecule has 0 heterocycles. The second-order valence-electron chi connectivity index (χ2n) is 4.10. The summed E-state index contributed by atoms with van der Waals surface area (Å²) in [5.41, 5.74) is 5.07. The molecule has 0 aliphatic carbocycles. The summed E-state index contributed by atoms with van der Waals surface area (Å²) in [5.74, 6) is -3.00. The van der Waals surface area contributed by atoms with E-state index in [0.29, 0.717) is 6.54 Å². The number of nitrogens with two attached hydrogens (primary N) is 1. The Balaban J connectivity index is 0.00000324. The number of esters is 1. The molecule has 0 radical (unpaired) electrons. The molecule has 0 bridgehead atoms. The van der Waals surface area contributed by atoms with Gasteiger partial charge in [-0.05, 0) is 19.5 Å². The summed E-state index contributed by atoms with van der Waals surface area (Å²) in [4.78, 5) is 11.7. The molecule has 0 spiro atoms. The Hall–Kier alpha value is -0.910. The van der Waals surface area contributed by atoms with Gasteiger partial charge in [-0.1, -0.05) is 18.5 Å². The van der Waals surface area contributed by atoms with Gasteiger partial charge >= 0.3 is 5.97 Å². The van der Waals surface area contributed by atoms with Gasteiger partial charge in [-0.2, -0.15) is 0 Å². The summed E-state index contributed by atoms with van der Waals surface area (Å²) in [6, 6.07) is 0.736. The van der Waals surface area contributed by atoms with Crippen molar-refractivity contribution < 1.29 is 18.3 Å². The van der Waals surface area contributed by atoms with Gasteiger partial charge < -0.3 is 10.5 Å². The molecular formula is C12H15Cl2F2NO2. The number of ether oxygens (including phenoxy) is 1. The van der Waals surface area contributed by atoms with Crippen molar-refractivity contribution in [3.05, 3.63) is 33.9 Å². The zero-order chi connectivity index (χ0) is 13.9. The number of hydrogen-bond donors (Lipinski definition) is 1. The van der Waals surface area contributed by atoms with Crippen molar-refractivity contribution in [3.8, 4) is 0 Å². The number of carbonyl (C=O) groups is 1. The first-order valence-corrected chi connectivity index (χ1v) is 5.77. The zero-order valence-corrected chi connectivity index (χ0v) is 12.1. The molecule has 108 valence electrons. The Bertz CT molecular complexity index is 470. The van der Waals surface area contributed by atoms with Crippen molar-refractivity contribution in [1.82, 2.24) is 0 Å². The van der Waals surface area contributed by atoms with Crippen LogP contribution in [0.3, 0.4) is 0 Å². The minimum Gasteiger partial charge on any atom is -0.462 e. The Morgan fingerprint density at radius 2 is 2.11 bits per heavy atom. The van der Waals surface area contributed by atoms with E-state index in [1.807, 2.05) is 0 Å². The first-order valence-electron chi connectivity index (χ1n) is 5.39. The van der Waals surface area contributed by atoms with Crippen molar-refractivity contribution in [1.29, 1.82) is 0 Å². The van der Waals surface area contributed by atoms with Crippen LogP contribution in [0.1, 0.15) is 22.8 Å². The van der Waals surface area contributed by atoms with E-state index in [0.717, 1.165) is 6.07 Å². The molecule has 0 aliphatic heterocycles. The summed E-state index contributed by atoms with van der Waals surface area (Å²) < 4.78 is 31.3. The highest BCUT2D eigenvalue weighted by atomic mass is 35.5. The van der Waals surface area contributed by atoms with Crippen molar-refractivity contribution in [3.63, 3.8) is 0 Å². The van der Waals surface area contributed by atoms with Crippen LogP contribution in [0.5, 0.6) is 0 Å². The molecule has 1 unspecified atom stereocenters. The van der Waals surface area contributed by atoms with Gasteiger partial charge in [0.2, 0.25) is 0 Å². The predicted octanol–water partition coefficient (Wildman–Crippen LogP) is 3.10. The van der Waals surface area contributed by atoms with Crippen LogP contribution in [0.25, 0.3) is 0 Å². The second-order valence-corrected chi connectivity index (χ2v) is 4.48. The monoisotopic (exact) mass is 313 g/mol. The van der Waals surface area contributed by atoms with E-state index in [2.05, 4.69) is 0 Å². The molecule has 1 aromatic carbocycles. The van der Waals surface area contributed by atoms with Crippen LogP contribution in [0.15, 0.2) is 6.07 Å². The Morgan fingerprint density at radius 3 is 2.63 bits per heavy atom. The lowest BCUT2D eigenvalue weighted by atomic mass is 10.1. The number of rotatable bonds is 4. The third-order valence-corrected chi connectivity index (χ3v) is 2.98. The largest absolute Gasteiger partial charge is 0.462 e. The highest BCUT2D eigenvalue weighted by Crippen LogP contribution is 2.26. The van der Waals surface area contributed by atoms with E-state index in [4.69, 9.17) is 22.1 Å². The average molecular weight is 314 g/mol. The van der Waals surface area contributed by atoms with Crippen LogP contribution >= 0.6 is 24.0 Å². The third kappa shape index (κ3) is 4.30. The van der Waals surface area contributed by atoms with Gasteiger partial charge in [0, 0.05) is 11.5 Å². The molecule has 0 fully saturated rings. The van der Waals surface area contributed by atoms with Crippen LogP contribution < -0.4 is 5.73 Å². The SMILES string of the molecule is Cc1c(F)c(F)cc(C(=O)OCC(C)CN)c1Cl.Cl. The lowest BCUT2D eigenvalue weighted by molar-refractivity contribution is 0.0453.